The predicted octanol–water partition coefficient (Wildman–Crippen LogP) is 2.92. The highest BCUT2D eigenvalue weighted by molar-refractivity contribution is 7.97. The third-order valence-electron chi connectivity index (χ3n) is 6.76. The molecule has 6 atom stereocenters. The zero-order valence-electron chi connectivity index (χ0n) is 22.6. The molecule has 41 heavy (non-hydrogen) atoms. The van der Waals surface area contributed by atoms with Gasteiger partial charge in [-0.25, -0.2) is 4.18 Å². The molecule has 1 fully saturated rings. The number of benzene rings is 3. The van der Waals surface area contributed by atoms with Gasteiger partial charge in [-0.2, -0.15) is 8.42 Å². The van der Waals surface area contributed by atoms with Gasteiger partial charge in [0, 0.05) is 10.9 Å². The highest BCUT2D eigenvalue weighted by Crippen LogP contribution is 2.32. The lowest BCUT2D eigenvalue weighted by atomic mass is 10.1. The van der Waals surface area contributed by atoms with E-state index in [4.69, 9.17) is 18.8 Å². The van der Waals surface area contributed by atoms with E-state index >= 15 is 0 Å². The van der Waals surface area contributed by atoms with E-state index < -0.39 is 40.1 Å². The number of aliphatic hydroxyl groups excluding tert-OH is 2. The van der Waals surface area contributed by atoms with Crippen LogP contribution in [0, 0.1) is 0 Å². The van der Waals surface area contributed by atoms with E-state index in [0.29, 0.717) is 32.2 Å². The summed E-state index contributed by atoms with van der Waals surface area (Å²) in [6, 6.07) is 29.4. The van der Waals surface area contributed by atoms with Crippen molar-refractivity contribution in [3.8, 4) is 0 Å². The number of aliphatic hydroxyl groups is 2. The summed E-state index contributed by atoms with van der Waals surface area (Å²) >= 11 is 0. The maximum Gasteiger partial charge on any atom is 0.397 e. The van der Waals surface area contributed by atoms with Crippen LogP contribution in [-0.2, 0) is 59.5 Å². The van der Waals surface area contributed by atoms with E-state index in [9.17, 15) is 18.6 Å². The molecule has 1 saturated heterocycles. The molecule has 1 unspecified atom stereocenters. The van der Waals surface area contributed by atoms with Crippen LogP contribution in [0.5, 0.6) is 0 Å². The Balaban J connectivity index is 1.53. The molecule has 9 nitrogen and oxygen atoms in total. The van der Waals surface area contributed by atoms with Crippen molar-refractivity contribution >= 4 is 21.3 Å². The van der Waals surface area contributed by atoms with Gasteiger partial charge in [-0.15, -0.1) is 0 Å². The fourth-order valence-corrected chi connectivity index (χ4v) is 8.12. The molecule has 0 amide bonds. The Morgan fingerprint density at radius 1 is 0.805 bits per heavy atom. The maximum atomic E-state index is 11.3. The Bertz CT molecular complexity index is 1260. The molecule has 0 spiro atoms. The zero-order valence-corrected chi connectivity index (χ0v) is 24.2. The summed E-state index contributed by atoms with van der Waals surface area (Å²) in [5, 5.41) is 20.3. The molecule has 3 aromatic rings. The second-order valence-corrected chi connectivity index (χ2v) is 13.2. The smallest absolute Gasteiger partial charge is 0.394 e. The van der Waals surface area contributed by atoms with Crippen molar-refractivity contribution in [3.63, 3.8) is 0 Å². The Kier molecular flexibility index (Phi) is 12.2. The third kappa shape index (κ3) is 10.2. The topological polar surface area (TPSA) is 132 Å². The molecule has 1 heterocycles. The van der Waals surface area contributed by atoms with Gasteiger partial charge in [0.05, 0.1) is 33.0 Å². The van der Waals surface area contributed by atoms with Crippen molar-refractivity contribution in [1.29, 1.82) is 0 Å². The van der Waals surface area contributed by atoms with Crippen LogP contribution in [0.15, 0.2) is 91.0 Å². The monoisotopic (exact) mass is 605 g/mol. The van der Waals surface area contributed by atoms with Crippen molar-refractivity contribution in [2.75, 3.05) is 24.7 Å². The van der Waals surface area contributed by atoms with Gasteiger partial charge in [-0.1, -0.05) is 91.0 Å². The summed E-state index contributed by atoms with van der Waals surface area (Å²) in [6.45, 7) is 0.659. The van der Waals surface area contributed by atoms with Crippen molar-refractivity contribution in [3.05, 3.63) is 108 Å². The van der Waals surface area contributed by atoms with Gasteiger partial charge in [0.25, 0.3) is 0 Å². The molecule has 4 rings (SSSR count). The molecule has 0 bridgehead atoms. The van der Waals surface area contributed by atoms with E-state index in [1.165, 1.54) is 0 Å². The molecule has 222 valence electrons. The molecule has 0 aromatic heterocycles. The summed E-state index contributed by atoms with van der Waals surface area (Å²) < 4.78 is 55.2. The number of rotatable bonds is 16. The van der Waals surface area contributed by atoms with Crippen LogP contribution in [0.25, 0.3) is 0 Å². The molecule has 3 aromatic carbocycles. The molecule has 0 saturated carbocycles. The first-order valence-corrected chi connectivity index (χ1v) is 16.3. The van der Waals surface area contributed by atoms with Gasteiger partial charge in [0.2, 0.25) is 0 Å². The largest absolute Gasteiger partial charge is 0.397 e. The van der Waals surface area contributed by atoms with Gasteiger partial charge < -0.3 is 24.4 Å². The van der Waals surface area contributed by atoms with Gasteiger partial charge >= 0.3 is 10.4 Å². The van der Waals surface area contributed by atoms with Gasteiger partial charge in [0.1, 0.15) is 35.9 Å². The van der Waals surface area contributed by atoms with Crippen molar-refractivity contribution in [2.45, 2.75) is 49.5 Å². The van der Waals surface area contributed by atoms with Crippen molar-refractivity contribution < 1.29 is 41.6 Å². The molecule has 3 N–H and O–H groups in total. The van der Waals surface area contributed by atoms with Crippen LogP contribution in [0.1, 0.15) is 16.7 Å². The Morgan fingerprint density at radius 3 is 1.83 bits per heavy atom. The summed E-state index contributed by atoms with van der Waals surface area (Å²) in [5.41, 5.74) is 3.04. The van der Waals surface area contributed by atoms with Crippen LogP contribution in [0.4, 0.5) is 0 Å². The number of hydrogen-bond acceptors (Lipinski definition) is 8. The van der Waals surface area contributed by atoms with Crippen LogP contribution in [-0.4, -0.2) is 77.6 Å². The minimum Gasteiger partial charge on any atom is -0.394 e. The van der Waals surface area contributed by atoms with Gasteiger partial charge in [-0.3, -0.25) is 4.55 Å². The standard InChI is InChI=1S/C30H36O9S2/c31-16-27(39-41(33,34)35)26(32)21-40-22-28(37-18-24-12-6-2-7-13-24)30(38-19-25-14-8-3-9-15-25)29(40)20-36-17-23-10-4-1-5-11-23/h1-15,26-32H,16-22H2/p+1/t26-,27+,28-,29-,30+,40?/m1/s1. The van der Waals surface area contributed by atoms with Crippen LogP contribution >= 0.6 is 0 Å². The minimum absolute atomic E-state index is 0.108. The Hall–Kier alpha value is -2.32. The summed E-state index contributed by atoms with van der Waals surface area (Å²) in [6.07, 6.45) is -3.56. The Morgan fingerprint density at radius 2 is 1.32 bits per heavy atom. The normalized spacial score (nSPS) is 22.4. The van der Waals surface area contributed by atoms with Crippen LogP contribution < -0.4 is 0 Å². The van der Waals surface area contributed by atoms with Crippen molar-refractivity contribution in [2.24, 2.45) is 0 Å². The number of hydrogen-bond donors (Lipinski definition) is 3. The lowest BCUT2D eigenvalue weighted by Gasteiger charge is -2.24. The predicted molar refractivity (Wildman–Crippen MR) is 157 cm³/mol. The second-order valence-electron chi connectivity index (χ2n) is 9.82. The van der Waals surface area contributed by atoms with Crippen LogP contribution in [0.3, 0.4) is 0 Å². The summed E-state index contributed by atoms with van der Waals surface area (Å²) in [4.78, 5) is 0. The van der Waals surface area contributed by atoms with E-state index in [2.05, 4.69) is 4.18 Å². The molecule has 11 heteroatoms. The zero-order chi connectivity index (χ0) is 29.1. The lowest BCUT2D eigenvalue weighted by Crippen LogP contribution is -2.43. The van der Waals surface area contributed by atoms with Crippen LogP contribution in [0.2, 0.25) is 0 Å². The second kappa shape index (κ2) is 15.8. The van der Waals surface area contributed by atoms with E-state index in [1.54, 1.807) is 0 Å². The average molecular weight is 606 g/mol. The first kappa shape index (κ1) is 31.6. The molecular formula is C30H37O9S2+. The van der Waals surface area contributed by atoms with E-state index in [-0.39, 0.29) is 23.2 Å². The molecule has 0 radical (unpaired) electrons. The highest BCUT2D eigenvalue weighted by atomic mass is 32.3. The maximum absolute atomic E-state index is 11.3. The van der Waals surface area contributed by atoms with Gasteiger partial charge in [0.15, 0.2) is 5.25 Å². The lowest BCUT2D eigenvalue weighted by molar-refractivity contribution is -0.0769. The SMILES string of the molecule is O=S(=O)(O)O[C@@H](CO)[C@H](O)C[S+]1C[C@@H](OCc2ccccc2)[C@H](OCc2ccccc2)[C@H]1COCc1ccccc1. The minimum atomic E-state index is -4.86. The third-order valence-corrected chi connectivity index (χ3v) is 10.0. The summed E-state index contributed by atoms with van der Waals surface area (Å²) in [7, 11) is -5.44. The van der Waals surface area contributed by atoms with E-state index in [1.807, 2.05) is 91.0 Å². The molecule has 1 aliphatic rings. The van der Waals surface area contributed by atoms with E-state index in [0.717, 1.165) is 16.7 Å². The van der Waals surface area contributed by atoms with Gasteiger partial charge in [-0.05, 0) is 16.7 Å². The quantitative estimate of drug-likeness (QED) is 0.167. The fraction of sp³-hybridized carbons (Fsp3) is 0.400. The molecule has 1 aliphatic heterocycles. The highest BCUT2D eigenvalue weighted by Gasteiger charge is 2.53. The Labute approximate surface area is 244 Å². The molecule has 0 aliphatic carbocycles. The number of ether oxygens (including phenoxy) is 3. The first-order valence-electron chi connectivity index (χ1n) is 13.4. The molecular weight excluding hydrogens is 568 g/mol. The summed E-state index contributed by atoms with van der Waals surface area (Å²) in [5.74, 6) is 0.642. The fourth-order valence-electron chi connectivity index (χ4n) is 4.71. The average Bonchev–Trinajstić information content (AvgIpc) is 3.30. The first-order chi connectivity index (χ1) is 19.8. The van der Waals surface area contributed by atoms with Crippen molar-refractivity contribution in [1.82, 2.24) is 0 Å².